The zero-order chi connectivity index (χ0) is 15.9. The zero-order valence-electron chi connectivity index (χ0n) is 11.8. The van der Waals surface area contributed by atoms with E-state index in [1.807, 2.05) is 4.72 Å². The summed E-state index contributed by atoms with van der Waals surface area (Å²) in [5.41, 5.74) is 0.973. The number of carbonyl (C=O) groups excluding carboxylic acids is 1. The van der Waals surface area contributed by atoms with E-state index in [4.69, 9.17) is 0 Å². The maximum Gasteiger partial charge on any atom is 0.285 e. The second-order valence-electron chi connectivity index (χ2n) is 4.68. The molecule has 114 valence electrons. The van der Waals surface area contributed by atoms with Crippen molar-refractivity contribution in [3.05, 3.63) is 46.9 Å². The summed E-state index contributed by atoms with van der Waals surface area (Å²) in [6.07, 6.45) is 3.20. The molecule has 1 amide bonds. The van der Waals surface area contributed by atoms with Gasteiger partial charge in [-0.15, -0.1) is 0 Å². The van der Waals surface area contributed by atoms with Crippen molar-refractivity contribution in [3.8, 4) is 0 Å². The van der Waals surface area contributed by atoms with Crippen molar-refractivity contribution in [1.29, 1.82) is 0 Å². The van der Waals surface area contributed by atoms with Crippen LogP contribution in [-0.2, 0) is 10.0 Å². The summed E-state index contributed by atoms with van der Waals surface area (Å²) in [4.78, 5) is 16.8. The molecule has 0 atom stereocenters. The highest BCUT2D eigenvalue weighted by Crippen LogP contribution is 2.22. The van der Waals surface area contributed by atoms with Crippen LogP contribution in [0.2, 0.25) is 0 Å². The van der Waals surface area contributed by atoms with Crippen LogP contribution in [0.15, 0.2) is 35.5 Å². The van der Waals surface area contributed by atoms with E-state index in [0.29, 0.717) is 16.2 Å². The molecule has 1 N–H and O–H groups in total. The highest BCUT2D eigenvalue weighted by molar-refractivity contribution is 7.90. The number of rotatable bonds is 3. The first-order valence-electron chi connectivity index (χ1n) is 6.32. The van der Waals surface area contributed by atoms with E-state index < -0.39 is 15.9 Å². The summed E-state index contributed by atoms with van der Waals surface area (Å²) < 4.78 is 32.3. The summed E-state index contributed by atoms with van der Waals surface area (Å²) in [5, 5.41) is 0. The highest BCUT2D eigenvalue weighted by Gasteiger charge is 2.26. The summed E-state index contributed by atoms with van der Waals surface area (Å²) in [6, 6.07) is 5.30. The zero-order valence-corrected chi connectivity index (χ0v) is 13.4. The Morgan fingerprint density at radius 3 is 2.73 bits per heavy atom. The van der Waals surface area contributed by atoms with Gasteiger partial charge in [-0.1, -0.05) is 6.07 Å². The number of aryl methyl sites for hydroxylation is 2. The number of carbonyl (C=O) groups is 1. The third-order valence-electron chi connectivity index (χ3n) is 3.06. The third kappa shape index (κ3) is 2.48. The van der Waals surface area contributed by atoms with Crippen molar-refractivity contribution in [2.45, 2.75) is 18.7 Å². The molecule has 0 aliphatic rings. The Morgan fingerprint density at radius 2 is 2.09 bits per heavy atom. The van der Waals surface area contributed by atoms with Crippen molar-refractivity contribution >= 4 is 33.1 Å². The van der Waals surface area contributed by atoms with Gasteiger partial charge >= 0.3 is 0 Å². The number of hydrogen-bond donors (Lipinski definition) is 1. The van der Waals surface area contributed by atoms with Gasteiger partial charge in [0.05, 0.1) is 5.69 Å². The van der Waals surface area contributed by atoms with Crippen LogP contribution in [0.5, 0.6) is 0 Å². The number of fused-ring (bicyclic) bond motifs is 1. The van der Waals surface area contributed by atoms with Crippen LogP contribution in [0.4, 0.5) is 0 Å². The first kappa shape index (κ1) is 14.7. The number of hydrogen-bond acceptors (Lipinski definition) is 6. The minimum Gasteiger partial charge on any atom is -0.306 e. The largest absolute Gasteiger partial charge is 0.306 e. The van der Waals surface area contributed by atoms with E-state index in [0.717, 1.165) is 11.5 Å². The van der Waals surface area contributed by atoms with Gasteiger partial charge in [0.1, 0.15) is 16.2 Å². The molecule has 9 heteroatoms. The first-order valence-corrected chi connectivity index (χ1v) is 8.58. The van der Waals surface area contributed by atoms with Gasteiger partial charge in [-0.05, 0) is 37.5 Å². The van der Waals surface area contributed by atoms with Crippen LogP contribution in [0, 0.1) is 13.8 Å². The van der Waals surface area contributed by atoms with Crippen LogP contribution in [0.1, 0.15) is 21.1 Å². The Labute approximate surface area is 130 Å². The number of aromatic nitrogens is 3. The van der Waals surface area contributed by atoms with Crippen LogP contribution < -0.4 is 4.72 Å². The molecule has 0 fully saturated rings. The van der Waals surface area contributed by atoms with Crippen LogP contribution in [0.25, 0.3) is 5.65 Å². The van der Waals surface area contributed by atoms with Gasteiger partial charge in [0.2, 0.25) is 0 Å². The topological polar surface area (TPSA) is 93.4 Å². The van der Waals surface area contributed by atoms with E-state index >= 15 is 0 Å². The molecule has 3 rings (SSSR count). The molecular weight excluding hydrogens is 324 g/mol. The first-order chi connectivity index (χ1) is 10.4. The van der Waals surface area contributed by atoms with E-state index in [1.165, 1.54) is 6.20 Å². The molecule has 0 unspecified atom stereocenters. The van der Waals surface area contributed by atoms with Crippen molar-refractivity contribution < 1.29 is 13.2 Å². The maximum absolute atomic E-state index is 12.3. The highest BCUT2D eigenvalue weighted by atomic mass is 32.2. The minimum atomic E-state index is -3.96. The van der Waals surface area contributed by atoms with Gasteiger partial charge in [0.15, 0.2) is 0 Å². The fourth-order valence-corrected chi connectivity index (χ4v) is 4.49. The van der Waals surface area contributed by atoms with Crippen molar-refractivity contribution in [2.75, 3.05) is 0 Å². The molecule has 3 aromatic heterocycles. The van der Waals surface area contributed by atoms with Gasteiger partial charge in [0.25, 0.3) is 15.9 Å². The third-order valence-corrected chi connectivity index (χ3v) is 5.63. The molecule has 0 radical (unpaired) electrons. The van der Waals surface area contributed by atoms with Gasteiger partial charge in [-0.2, -0.15) is 4.37 Å². The minimum absolute atomic E-state index is 0.0354. The molecule has 22 heavy (non-hydrogen) atoms. The molecule has 0 spiro atoms. The van der Waals surface area contributed by atoms with Crippen LogP contribution in [0.3, 0.4) is 0 Å². The number of pyridine rings is 1. The normalized spacial score (nSPS) is 11.7. The number of nitrogens with one attached hydrogen (secondary N) is 1. The molecule has 0 saturated carbocycles. The predicted octanol–water partition coefficient (Wildman–Crippen LogP) is 1.53. The number of imidazole rings is 1. The summed E-state index contributed by atoms with van der Waals surface area (Å²) >= 11 is 1.08. The maximum atomic E-state index is 12.3. The van der Waals surface area contributed by atoms with Crippen molar-refractivity contribution in [3.63, 3.8) is 0 Å². The van der Waals surface area contributed by atoms with Gasteiger partial charge in [0, 0.05) is 17.3 Å². The molecule has 0 bridgehead atoms. The smallest absolute Gasteiger partial charge is 0.285 e. The lowest BCUT2D eigenvalue weighted by Crippen LogP contribution is -2.31. The summed E-state index contributed by atoms with van der Waals surface area (Å²) in [5.74, 6) is -0.770. The van der Waals surface area contributed by atoms with Gasteiger partial charge in [-0.25, -0.2) is 18.1 Å². The number of nitrogens with zero attached hydrogens (tertiary/aromatic N) is 3. The predicted molar refractivity (Wildman–Crippen MR) is 81.4 cm³/mol. The quantitative estimate of drug-likeness (QED) is 0.783. The van der Waals surface area contributed by atoms with Crippen LogP contribution >= 0.6 is 11.5 Å². The fraction of sp³-hybridized carbons (Fsp3) is 0.154. The SMILES string of the molecule is Cc1nsc(C)c1S(=O)(=O)NC(=O)c1cn2ccccc2n1. The molecular formula is C13H12N4O3S2. The lowest BCUT2D eigenvalue weighted by Gasteiger charge is -2.05. The fourth-order valence-electron chi connectivity index (χ4n) is 2.13. The van der Waals surface area contributed by atoms with E-state index in [2.05, 4.69) is 9.36 Å². The average molecular weight is 336 g/mol. The van der Waals surface area contributed by atoms with E-state index in [-0.39, 0.29) is 10.6 Å². The van der Waals surface area contributed by atoms with Gasteiger partial charge in [-0.3, -0.25) is 4.79 Å². The lowest BCUT2D eigenvalue weighted by molar-refractivity contribution is 0.0977. The molecule has 3 heterocycles. The lowest BCUT2D eigenvalue weighted by atomic mass is 10.4. The Morgan fingerprint density at radius 1 is 1.32 bits per heavy atom. The van der Waals surface area contributed by atoms with Crippen LogP contribution in [-0.4, -0.2) is 28.1 Å². The molecule has 7 nitrogen and oxygen atoms in total. The Bertz CT molecular complexity index is 920. The molecule has 0 aliphatic heterocycles. The van der Waals surface area contributed by atoms with E-state index in [1.54, 1.807) is 42.6 Å². The Balaban J connectivity index is 1.93. The summed E-state index contributed by atoms with van der Waals surface area (Å²) in [7, 11) is -3.96. The monoisotopic (exact) mass is 336 g/mol. The second kappa shape index (κ2) is 5.18. The second-order valence-corrected chi connectivity index (χ2v) is 7.28. The number of amides is 1. The Kier molecular flexibility index (Phi) is 3.45. The molecule has 0 aromatic carbocycles. The standard InChI is InChI=1S/C13H12N4O3S2/c1-8-12(9(2)21-15-8)22(19,20)16-13(18)10-7-17-6-4-3-5-11(17)14-10/h3-7H,1-2H3,(H,16,18). The van der Waals surface area contributed by atoms with E-state index in [9.17, 15) is 13.2 Å². The van der Waals surface area contributed by atoms with Crippen molar-refractivity contribution in [1.82, 2.24) is 18.5 Å². The van der Waals surface area contributed by atoms with Crippen molar-refractivity contribution in [2.24, 2.45) is 0 Å². The summed E-state index contributed by atoms with van der Waals surface area (Å²) in [6.45, 7) is 3.24. The molecule has 0 saturated heterocycles. The average Bonchev–Trinajstić information content (AvgIpc) is 3.02. The Hall–Kier alpha value is -2.26. The van der Waals surface area contributed by atoms with Gasteiger partial charge < -0.3 is 4.40 Å². The number of sulfonamides is 1. The molecule has 0 aliphatic carbocycles. The molecule has 3 aromatic rings.